The molecule has 0 heterocycles. The van der Waals surface area contributed by atoms with Gasteiger partial charge in [0, 0.05) is 0 Å². The summed E-state index contributed by atoms with van der Waals surface area (Å²) in [4.78, 5) is 0. The molecule has 0 aliphatic rings. The SMILES string of the molecule is CC=C(CCCCCC)CCC(C)=CCCC. The fourth-order valence-corrected chi connectivity index (χ4v) is 2.04. The van der Waals surface area contributed by atoms with Gasteiger partial charge in [-0.2, -0.15) is 0 Å². The Kier molecular flexibility index (Phi) is 11.6. The Morgan fingerprint density at radius 1 is 0.882 bits per heavy atom. The molecule has 0 heteroatoms. The minimum atomic E-state index is 1.24. The van der Waals surface area contributed by atoms with E-state index in [9.17, 15) is 0 Å². The van der Waals surface area contributed by atoms with Crippen molar-refractivity contribution in [3.05, 3.63) is 23.3 Å². The van der Waals surface area contributed by atoms with E-state index >= 15 is 0 Å². The molecule has 0 spiro atoms. The molecule has 0 aromatic carbocycles. The van der Waals surface area contributed by atoms with Gasteiger partial charge in [-0.25, -0.2) is 0 Å². The van der Waals surface area contributed by atoms with Crippen molar-refractivity contribution in [2.45, 2.75) is 85.5 Å². The highest BCUT2D eigenvalue weighted by atomic mass is 14.0. The van der Waals surface area contributed by atoms with Crippen LogP contribution in [0.1, 0.15) is 85.5 Å². The van der Waals surface area contributed by atoms with E-state index in [1.54, 1.807) is 11.1 Å². The molecule has 0 unspecified atom stereocenters. The van der Waals surface area contributed by atoms with Gasteiger partial charge in [0.15, 0.2) is 0 Å². The largest absolute Gasteiger partial charge is 0.0884 e. The molecule has 0 radical (unpaired) electrons. The third-order valence-electron chi connectivity index (χ3n) is 3.38. The van der Waals surface area contributed by atoms with E-state index in [0.29, 0.717) is 0 Å². The molecule has 0 aromatic rings. The summed E-state index contributed by atoms with van der Waals surface area (Å²) in [5.41, 5.74) is 3.23. The lowest BCUT2D eigenvalue weighted by Gasteiger charge is -2.07. The molecule has 0 aromatic heterocycles. The molecule has 0 saturated heterocycles. The molecule has 0 nitrogen and oxygen atoms in total. The highest BCUT2D eigenvalue weighted by molar-refractivity contribution is 5.06. The Labute approximate surface area is 109 Å². The van der Waals surface area contributed by atoms with Gasteiger partial charge in [0.25, 0.3) is 0 Å². The van der Waals surface area contributed by atoms with Gasteiger partial charge < -0.3 is 0 Å². The van der Waals surface area contributed by atoms with Crippen LogP contribution in [0.4, 0.5) is 0 Å². The van der Waals surface area contributed by atoms with Crippen molar-refractivity contribution in [3.63, 3.8) is 0 Å². The molecule has 0 rings (SSSR count). The molecule has 0 bridgehead atoms. The third-order valence-corrected chi connectivity index (χ3v) is 3.38. The first-order valence-electron chi connectivity index (χ1n) is 7.54. The van der Waals surface area contributed by atoms with Crippen LogP contribution in [0.25, 0.3) is 0 Å². The normalized spacial score (nSPS) is 13.2. The van der Waals surface area contributed by atoms with Crippen molar-refractivity contribution in [2.75, 3.05) is 0 Å². The second-order valence-corrected chi connectivity index (χ2v) is 5.10. The Balaban J connectivity index is 3.75. The topological polar surface area (TPSA) is 0 Å². The summed E-state index contributed by atoms with van der Waals surface area (Å²) >= 11 is 0. The zero-order valence-electron chi connectivity index (χ0n) is 12.5. The average Bonchev–Trinajstić information content (AvgIpc) is 2.35. The smallest absolute Gasteiger partial charge is 0.0283 e. The molecular weight excluding hydrogens is 204 g/mol. The standard InChI is InChI=1S/C17H32/c1-5-8-10-11-13-17(7-3)15-14-16(4)12-9-6-2/h7,12H,5-6,8-11,13-15H2,1-4H3. The highest BCUT2D eigenvalue weighted by Crippen LogP contribution is 2.18. The van der Waals surface area contributed by atoms with Crippen LogP contribution in [-0.4, -0.2) is 0 Å². The molecular formula is C17H32. The van der Waals surface area contributed by atoms with E-state index in [0.717, 1.165) is 0 Å². The second-order valence-electron chi connectivity index (χ2n) is 5.10. The van der Waals surface area contributed by atoms with Crippen LogP contribution in [0.15, 0.2) is 23.3 Å². The van der Waals surface area contributed by atoms with Gasteiger partial charge in [-0.15, -0.1) is 0 Å². The van der Waals surface area contributed by atoms with E-state index in [1.807, 2.05) is 0 Å². The summed E-state index contributed by atoms with van der Waals surface area (Å²) in [6.45, 7) is 8.99. The fraction of sp³-hybridized carbons (Fsp3) is 0.765. The number of hydrogen-bond donors (Lipinski definition) is 0. The molecule has 0 fully saturated rings. The average molecular weight is 236 g/mol. The Hall–Kier alpha value is -0.520. The van der Waals surface area contributed by atoms with Crippen LogP contribution in [-0.2, 0) is 0 Å². The molecule has 0 aliphatic carbocycles. The molecule has 17 heavy (non-hydrogen) atoms. The summed E-state index contributed by atoms with van der Waals surface area (Å²) < 4.78 is 0. The van der Waals surface area contributed by atoms with Crippen molar-refractivity contribution in [1.29, 1.82) is 0 Å². The summed E-state index contributed by atoms with van der Waals surface area (Å²) in [5.74, 6) is 0. The van der Waals surface area contributed by atoms with Gasteiger partial charge in [-0.1, -0.05) is 62.8 Å². The summed E-state index contributed by atoms with van der Waals surface area (Å²) in [7, 11) is 0. The first-order valence-corrected chi connectivity index (χ1v) is 7.54. The van der Waals surface area contributed by atoms with E-state index < -0.39 is 0 Å². The van der Waals surface area contributed by atoms with Gasteiger partial charge in [0.1, 0.15) is 0 Å². The maximum absolute atomic E-state index is 2.41. The van der Waals surface area contributed by atoms with E-state index in [4.69, 9.17) is 0 Å². The Morgan fingerprint density at radius 2 is 1.65 bits per heavy atom. The minimum absolute atomic E-state index is 1.24. The summed E-state index contributed by atoms with van der Waals surface area (Å²) in [6.07, 6.45) is 16.6. The Morgan fingerprint density at radius 3 is 2.24 bits per heavy atom. The van der Waals surface area contributed by atoms with Gasteiger partial charge in [0.05, 0.1) is 0 Å². The maximum atomic E-state index is 2.41. The molecule has 0 atom stereocenters. The van der Waals surface area contributed by atoms with E-state index in [-0.39, 0.29) is 0 Å². The quantitative estimate of drug-likeness (QED) is 0.303. The van der Waals surface area contributed by atoms with Crippen LogP contribution in [0, 0.1) is 0 Å². The Bertz CT molecular complexity index is 220. The van der Waals surface area contributed by atoms with Crippen LogP contribution < -0.4 is 0 Å². The fourth-order valence-electron chi connectivity index (χ4n) is 2.04. The lowest BCUT2D eigenvalue weighted by molar-refractivity contribution is 0.652. The van der Waals surface area contributed by atoms with E-state index in [1.165, 1.54) is 57.8 Å². The summed E-state index contributed by atoms with van der Waals surface area (Å²) in [5, 5.41) is 0. The van der Waals surface area contributed by atoms with Crippen molar-refractivity contribution < 1.29 is 0 Å². The molecule has 0 saturated carbocycles. The highest BCUT2D eigenvalue weighted by Gasteiger charge is 1.98. The summed E-state index contributed by atoms with van der Waals surface area (Å²) in [6, 6.07) is 0. The lowest BCUT2D eigenvalue weighted by atomic mass is 9.99. The number of unbranched alkanes of at least 4 members (excludes halogenated alkanes) is 4. The number of rotatable bonds is 10. The van der Waals surface area contributed by atoms with Crippen molar-refractivity contribution >= 4 is 0 Å². The van der Waals surface area contributed by atoms with Gasteiger partial charge in [-0.3, -0.25) is 0 Å². The monoisotopic (exact) mass is 236 g/mol. The predicted molar refractivity (Wildman–Crippen MR) is 80.4 cm³/mol. The van der Waals surface area contributed by atoms with Crippen molar-refractivity contribution in [1.82, 2.24) is 0 Å². The van der Waals surface area contributed by atoms with Gasteiger partial charge in [0.2, 0.25) is 0 Å². The lowest BCUT2D eigenvalue weighted by Crippen LogP contribution is -1.87. The van der Waals surface area contributed by atoms with Crippen molar-refractivity contribution in [2.24, 2.45) is 0 Å². The van der Waals surface area contributed by atoms with Gasteiger partial charge >= 0.3 is 0 Å². The first-order chi connectivity index (χ1) is 8.24. The third kappa shape index (κ3) is 10.4. The van der Waals surface area contributed by atoms with Gasteiger partial charge in [-0.05, 0) is 46.0 Å². The maximum Gasteiger partial charge on any atom is -0.0283 e. The zero-order chi connectivity index (χ0) is 12.9. The molecule has 0 aliphatic heterocycles. The molecule has 100 valence electrons. The van der Waals surface area contributed by atoms with Crippen LogP contribution in [0.2, 0.25) is 0 Å². The van der Waals surface area contributed by atoms with Crippen molar-refractivity contribution in [3.8, 4) is 0 Å². The zero-order valence-corrected chi connectivity index (χ0v) is 12.5. The van der Waals surface area contributed by atoms with Crippen LogP contribution >= 0.6 is 0 Å². The number of allylic oxidation sites excluding steroid dienone is 4. The van der Waals surface area contributed by atoms with E-state index in [2.05, 4.69) is 39.8 Å². The number of hydrogen-bond acceptors (Lipinski definition) is 0. The van der Waals surface area contributed by atoms with Crippen LogP contribution in [0.3, 0.4) is 0 Å². The first kappa shape index (κ1) is 16.5. The van der Waals surface area contributed by atoms with Crippen LogP contribution in [0.5, 0.6) is 0 Å². The minimum Gasteiger partial charge on any atom is -0.0884 e. The second kappa shape index (κ2) is 12.0. The predicted octanol–water partition coefficient (Wildman–Crippen LogP) is 6.43. The molecule has 0 N–H and O–H groups in total. The molecule has 0 amide bonds.